The first-order valence-corrected chi connectivity index (χ1v) is 6.62. The van der Waals surface area contributed by atoms with Crippen molar-refractivity contribution in [3.05, 3.63) is 58.9 Å². The van der Waals surface area contributed by atoms with Crippen molar-refractivity contribution in [2.45, 2.75) is 26.8 Å². The molecule has 0 saturated carbocycles. The van der Waals surface area contributed by atoms with Crippen LogP contribution >= 0.6 is 0 Å². The number of hydrogen-bond donors (Lipinski definition) is 2. The van der Waals surface area contributed by atoms with Crippen LogP contribution in [0.2, 0.25) is 0 Å². The molecule has 0 aliphatic heterocycles. The smallest absolute Gasteiger partial charge is 0.255 e. The molecule has 2 aromatic rings. The molecule has 20 heavy (non-hydrogen) atoms. The van der Waals surface area contributed by atoms with Crippen molar-refractivity contribution in [3.8, 4) is 5.75 Å². The molecule has 0 aliphatic rings. The molecule has 4 nitrogen and oxygen atoms in total. The first-order valence-electron chi connectivity index (χ1n) is 6.62. The van der Waals surface area contributed by atoms with E-state index < -0.39 is 0 Å². The molecule has 0 radical (unpaired) electrons. The van der Waals surface area contributed by atoms with Gasteiger partial charge in [0.1, 0.15) is 5.75 Å². The number of hydrogen-bond acceptors (Lipinski definition) is 3. The molecule has 1 aromatic carbocycles. The Labute approximate surface area is 118 Å². The van der Waals surface area contributed by atoms with Crippen molar-refractivity contribution in [1.82, 2.24) is 10.3 Å². The number of nitrogens with one attached hydrogen (secondary N) is 1. The van der Waals surface area contributed by atoms with Crippen LogP contribution in [0.15, 0.2) is 36.5 Å². The average Bonchev–Trinajstić information content (AvgIpc) is 2.47. The predicted octanol–water partition coefficient (Wildman–Crippen LogP) is 2.59. The number of carbonyl (C=O) groups is 1. The minimum atomic E-state index is -0.293. The molecule has 0 aliphatic carbocycles. The summed E-state index contributed by atoms with van der Waals surface area (Å²) in [5, 5.41) is 12.5. The molecule has 2 rings (SSSR count). The fraction of sp³-hybridized carbons (Fsp3) is 0.250. The largest absolute Gasteiger partial charge is 0.507 e. The summed E-state index contributed by atoms with van der Waals surface area (Å²) in [4.78, 5) is 16.4. The van der Waals surface area contributed by atoms with Crippen LogP contribution in [-0.4, -0.2) is 16.0 Å². The number of aryl methyl sites for hydroxylation is 2. The van der Waals surface area contributed by atoms with E-state index in [-0.39, 0.29) is 11.7 Å². The van der Waals surface area contributed by atoms with Gasteiger partial charge in [-0.15, -0.1) is 0 Å². The number of phenolic OH excluding ortho intramolecular Hbond substituents is 1. The van der Waals surface area contributed by atoms with Gasteiger partial charge in [0, 0.05) is 6.20 Å². The van der Waals surface area contributed by atoms with Crippen LogP contribution in [-0.2, 0) is 13.0 Å². The minimum Gasteiger partial charge on any atom is -0.507 e. The van der Waals surface area contributed by atoms with Crippen LogP contribution < -0.4 is 5.32 Å². The normalized spacial score (nSPS) is 10.3. The number of rotatable bonds is 4. The van der Waals surface area contributed by atoms with Gasteiger partial charge in [0.25, 0.3) is 5.91 Å². The van der Waals surface area contributed by atoms with E-state index in [0.29, 0.717) is 12.1 Å². The Balaban J connectivity index is 2.11. The summed E-state index contributed by atoms with van der Waals surface area (Å²) < 4.78 is 0. The first-order chi connectivity index (χ1) is 9.61. The van der Waals surface area contributed by atoms with E-state index in [9.17, 15) is 9.90 Å². The minimum absolute atomic E-state index is 0.00941. The van der Waals surface area contributed by atoms with Crippen molar-refractivity contribution in [2.75, 3.05) is 0 Å². The van der Waals surface area contributed by atoms with E-state index in [2.05, 4.69) is 17.2 Å². The maximum Gasteiger partial charge on any atom is 0.255 e. The predicted molar refractivity (Wildman–Crippen MR) is 77.6 cm³/mol. The third-order valence-corrected chi connectivity index (χ3v) is 3.18. The molecule has 0 spiro atoms. The maximum absolute atomic E-state index is 12.1. The molecule has 104 valence electrons. The number of benzene rings is 1. The number of nitrogens with zero attached hydrogens (tertiary/aromatic N) is 1. The zero-order chi connectivity index (χ0) is 14.5. The molecule has 4 heteroatoms. The van der Waals surface area contributed by atoms with Gasteiger partial charge < -0.3 is 10.4 Å². The van der Waals surface area contributed by atoms with E-state index in [1.54, 1.807) is 18.3 Å². The Morgan fingerprint density at radius 2 is 2.15 bits per heavy atom. The van der Waals surface area contributed by atoms with E-state index in [1.807, 2.05) is 19.1 Å². The molecule has 0 fully saturated rings. The highest BCUT2D eigenvalue weighted by Crippen LogP contribution is 2.18. The molecular weight excluding hydrogens is 252 g/mol. The van der Waals surface area contributed by atoms with Crippen LogP contribution in [0.3, 0.4) is 0 Å². The molecule has 0 atom stereocenters. The van der Waals surface area contributed by atoms with E-state index >= 15 is 0 Å². The van der Waals surface area contributed by atoms with Crippen molar-refractivity contribution in [2.24, 2.45) is 0 Å². The van der Waals surface area contributed by atoms with Crippen molar-refractivity contribution < 1.29 is 9.90 Å². The molecule has 0 unspecified atom stereocenters. The second kappa shape index (κ2) is 6.19. The van der Waals surface area contributed by atoms with Crippen LogP contribution in [0, 0.1) is 6.92 Å². The zero-order valence-corrected chi connectivity index (χ0v) is 11.7. The first kappa shape index (κ1) is 14.1. The lowest BCUT2D eigenvalue weighted by atomic mass is 10.1. The average molecular weight is 270 g/mol. The molecule has 0 saturated heterocycles. The van der Waals surface area contributed by atoms with Crippen molar-refractivity contribution >= 4 is 5.91 Å². The van der Waals surface area contributed by atoms with Crippen LogP contribution in [0.25, 0.3) is 0 Å². The highest BCUT2D eigenvalue weighted by Gasteiger charge is 2.11. The molecule has 2 N–H and O–H groups in total. The number of amides is 1. The Kier molecular flexibility index (Phi) is 4.35. The molecular formula is C16H18N2O2. The Morgan fingerprint density at radius 3 is 2.90 bits per heavy atom. The third kappa shape index (κ3) is 3.15. The summed E-state index contributed by atoms with van der Waals surface area (Å²) in [5.41, 5.74) is 3.19. The van der Waals surface area contributed by atoms with Gasteiger partial charge in [-0.1, -0.05) is 24.6 Å². The summed E-state index contributed by atoms with van der Waals surface area (Å²) in [6.45, 7) is 4.29. The van der Waals surface area contributed by atoms with Gasteiger partial charge in [-0.3, -0.25) is 9.78 Å². The lowest BCUT2D eigenvalue weighted by molar-refractivity contribution is 0.0947. The summed E-state index contributed by atoms with van der Waals surface area (Å²) in [6, 6.07) is 8.85. The number of carbonyl (C=O) groups excluding carboxylic acids is 1. The lowest BCUT2D eigenvalue weighted by Crippen LogP contribution is -2.24. The van der Waals surface area contributed by atoms with Gasteiger partial charge in [0.2, 0.25) is 0 Å². The number of aromatic hydroxyl groups is 1. The second-order valence-corrected chi connectivity index (χ2v) is 4.67. The number of aromatic nitrogens is 1. The van der Waals surface area contributed by atoms with Crippen LogP contribution in [0.1, 0.15) is 34.1 Å². The van der Waals surface area contributed by atoms with Gasteiger partial charge in [0.05, 0.1) is 17.8 Å². The standard InChI is InChI=1S/C16H18N2O2/c1-3-12-5-4-8-17-14(12)10-18-16(20)13-9-11(2)6-7-15(13)19/h4-9,19H,3,10H2,1-2H3,(H,18,20). The summed E-state index contributed by atoms with van der Waals surface area (Å²) in [5.74, 6) is -0.302. The van der Waals surface area contributed by atoms with E-state index in [0.717, 1.165) is 23.2 Å². The second-order valence-electron chi connectivity index (χ2n) is 4.67. The van der Waals surface area contributed by atoms with Gasteiger partial charge in [-0.25, -0.2) is 0 Å². The van der Waals surface area contributed by atoms with Gasteiger partial charge in [-0.2, -0.15) is 0 Å². The highest BCUT2D eigenvalue weighted by atomic mass is 16.3. The maximum atomic E-state index is 12.1. The fourth-order valence-electron chi connectivity index (χ4n) is 2.04. The monoisotopic (exact) mass is 270 g/mol. The fourth-order valence-corrected chi connectivity index (χ4v) is 2.04. The lowest BCUT2D eigenvalue weighted by Gasteiger charge is -2.09. The van der Waals surface area contributed by atoms with Crippen LogP contribution in [0.5, 0.6) is 5.75 Å². The summed E-state index contributed by atoms with van der Waals surface area (Å²) in [7, 11) is 0. The van der Waals surface area contributed by atoms with E-state index in [1.165, 1.54) is 6.07 Å². The Hall–Kier alpha value is -2.36. The topological polar surface area (TPSA) is 62.2 Å². The zero-order valence-electron chi connectivity index (χ0n) is 11.7. The van der Waals surface area contributed by atoms with Crippen molar-refractivity contribution in [1.29, 1.82) is 0 Å². The summed E-state index contributed by atoms with van der Waals surface area (Å²) >= 11 is 0. The molecule has 0 bridgehead atoms. The quantitative estimate of drug-likeness (QED) is 0.897. The molecule has 1 aromatic heterocycles. The third-order valence-electron chi connectivity index (χ3n) is 3.18. The Morgan fingerprint density at radius 1 is 1.35 bits per heavy atom. The van der Waals surface area contributed by atoms with Gasteiger partial charge >= 0.3 is 0 Å². The van der Waals surface area contributed by atoms with Gasteiger partial charge in [-0.05, 0) is 37.1 Å². The SMILES string of the molecule is CCc1cccnc1CNC(=O)c1cc(C)ccc1O. The molecule has 1 amide bonds. The Bertz CT molecular complexity index is 624. The van der Waals surface area contributed by atoms with E-state index in [4.69, 9.17) is 0 Å². The summed E-state index contributed by atoms with van der Waals surface area (Å²) in [6.07, 6.45) is 2.58. The number of phenols is 1. The number of pyridine rings is 1. The molecule has 1 heterocycles. The van der Waals surface area contributed by atoms with Crippen LogP contribution in [0.4, 0.5) is 0 Å². The van der Waals surface area contributed by atoms with Gasteiger partial charge in [0.15, 0.2) is 0 Å². The van der Waals surface area contributed by atoms with Crippen molar-refractivity contribution in [3.63, 3.8) is 0 Å². The highest BCUT2D eigenvalue weighted by molar-refractivity contribution is 5.96.